The lowest BCUT2D eigenvalue weighted by Crippen LogP contribution is -2.41. The van der Waals surface area contributed by atoms with Crippen molar-refractivity contribution in [3.05, 3.63) is 23.5 Å². The van der Waals surface area contributed by atoms with Gasteiger partial charge in [0, 0.05) is 12.6 Å². The first-order valence-corrected chi connectivity index (χ1v) is 6.21. The Morgan fingerprint density at radius 2 is 2.26 bits per heavy atom. The average molecular weight is 268 g/mol. The summed E-state index contributed by atoms with van der Waals surface area (Å²) < 4.78 is 19.0. The van der Waals surface area contributed by atoms with Gasteiger partial charge in [0.15, 0.2) is 0 Å². The number of anilines is 2. The Morgan fingerprint density at radius 1 is 1.58 bits per heavy atom. The molecule has 6 heteroatoms. The van der Waals surface area contributed by atoms with Gasteiger partial charge in [0.05, 0.1) is 23.0 Å². The number of rotatable bonds is 5. The molecule has 0 aliphatic heterocycles. The molecule has 1 aliphatic rings. The molecule has 1 fully saturated rings. The summed E-state index contributed by atoms with van der Waals surface area (Å²) in [6, 6.07) is 2.46. The second-order valence-corrected chi connectivity index (χ2v) is 4.61. The van der Waals surface area contributed by atoms with Crippen LogP contribution >= 0.6 is 0 Å². The Labute approximate surface area is 110 Å². The van der Waals surface area contributed by atoms with E-state index < -0.39 is 17.3 Å². The smallest absolute Gasteiger partial charge is 0.338 e. The summed E-state index contributed by atoms with van der Waals surface area (Å²) in [6.45, 7) is 2.63. The van der Waals surface area contributed by atoms with Crippen molar-refractivity contribution in [2.75, 3.05) is 17.7 Å². The van der Waals surface area contributed by atoms with E-state index in [1.165, 1.54) is 0 Å². The van der Waals surface area contributed by atoms with E-state index in [4.69, 9.17) is 15.6 Å². The van der Waals surface area contributed by atoms with Crippen molar-refractivity contribution in [1.29, 1.82) is 0 Å². The number of hydrogen-bond acceptors (Lipinski definition) is 4. The van der Waals surface area contributed by atoms with Gasteiger partial charge in [-0.2, -0.15) is 0 Å². The van der Waals surface area contributed by atoms with Crippen LogP contribution in [0.5, 0.6) is 0 Å². The van der Waals surface area contributed by atoms with Gasteiger partial charge < -0.3 is 20.9 Å². The number of ether oxygens (including phenoxy) is 1. The van der Waals surface area contributed by atoms with Crippen LogP contribution in [-0.4, -0.2) is 29.8 Å². The lowest BCUT2D eigenvalue weighted by molar-refractivity contribution is 0.00300. The topological polar surface area (TPSA) is 84.6 Å². The Kier molecular flexibility index (Phi) is 3.90. The number of carboxylic acids is 1. The lowest BCUT2D eigenvalue weighted by atomic mass is 9.89. The third kappa shape index (κ3) is 2.96. The molecule has 2 rings (SSSR count). The zero-order valence-corrected chi connectivity index (χ0v) is 10.6. The zero-order valence-electron chi connectivity index (χ0n) is 10.6. The molecule has 0 aromatic heterocycles. The fourth-order valence-electron chi connectivity index (χ4n) is 2.15. The maximum absolute atomic E-state index is 13.5. The Hall–Kier alpha value is -1.82. The Bertz CT molecular complexity index is 487. The predicted molar refractivity (Wildman–Crippen MR) is 69.8 cm³/mol. The fraction of sp³-hybridized carbons (Fsp3) is 0.462. The van der Waals surface area contributed by atoms with Gasteiger partial charge in [0.2, 0.25) is 0 Å². The van der Waals surface area contributed by atoms with Gasteiger partial charge in [-0.05, 0) is 31.9 Å². The second-order valence-electron chi connectivity index (χ2n) is 4.61. The van der Waals surface area contributed by atoms with E-state index in [-0.39, 0.29) is 17.8 Å². The number of hydrogen-bond donors (Lipinski definition) is 3. The number of carbonyl (C=O) groups is 1. The van der Waals surface area contributed by atoms with Crippen molar-refractivity contribution in [1.82, 2.24) is 0 Å². The molecule has 1 aliphatic carbocycles. The van der Waals surface area contributed by atoms with Crippen LogP contribution < -0.4 is 11.1 Å². The van der Waals surface area contributed by atoms with E-state index in [0.717, 1.165) is 25.0 Å². The van der Waals surface area contributed by atoms with E-state index in [1.807, 2.05) is 6.92 Å². The molecule has 104 valence electrons. The third-order valence-corrected chi connectivity index (χ3v) is 3.23. The summed E-state index contributed by atoms with van der Waals surface area (Å²) in [6.07, 6.45) is 1.93. The standard InChI is InChI=1S/C13H17FN2O3/c1-2-19-8-3-7(4-8)16-12-6-10(14)9(13(17)18)5-11(12)15/h5-8,16H,2-4,15H2,1H3,(H,17,18). The number of nitrogens with one attached hydrogen (secondary N) is 1. The number of carboxylic acid groups (broad SMARTS) is 1. The summed E-state index contributed by atoms with van der Waals surface area (Å²) in [5.74, 6) is -2.11. The highest BCUT2D eigenvalue weighted by molar-refractivity contribution is 5.90. The van der Waals surface area contributed by atoms with E-state index >= 15 is 0 Å². The van der Waals surface area contributed by atoms with Gasteiger partial charge in [-0.25, -0.2) is 9.18 Å². The number of halogens is 1. The van der Waals surface area contributed by atoms with E-state index in [9.17, 15) is 9.18 Å². The van der Waals surface area contributed by atoms with Gasteiger partial charge in [-0.1, -0.05) is 0 Å². The van der Waals surface area contributed by atoms with Crippen molar-refractivity contribution in [2.45, 2.75) is 31.9 Å². The van der Waals surface area contributed by atoms with Crippen LogP contribution in [-0.2, 0) is 4.74 Å². The van der Waals surface area contributed by atoms with Crippen molar-refractivity contribution in [2.24, 2.45) is 0 Å². The van der Waals surface area contributed by atoms with Crippen molar-refractivity contribution >= 4 is 17.3 Å². The zero-order chi connectivity index (χ0) is 14.0. The molecule has 0 radical (unpaired) electrons. The highest BCUT2D eigenvalue weighted by Crippen LogP contribution is 2.30. The number of benzene rings is 1. The van der Waals surface area contributed by atoms with Gasteiger partial charge in [-0.15, -0.1) is 0 Å². The van der Waals surface area contributed by atoms with Gasteiger partial charge in [0.25, 0.3) is 0 Å². The molecule has 1 aromatic rings. The van der Waals surface area contributed by atoms with Crippen LogP contribution in [0, 0.1) is 5.82 Å². The maximum atomic E-state index is 13.5. The molecule has 4 N–H and O–H groups in total. The summed E-state index contributed by atoms with van der Waals surface area (Å²) >= 11 is 0. The average Bonchev–Trinajstić information content (AvgIpc) is 2.30. The molecule has 0 saturated heterocycles. The first kappa shape index (κ1) is 13.6. The highest BCUT2D eigenvalue weighted by Gasteiger charge is 2.30. The minimum Gasteiger partial charge on any atom is -0.478 e. The number of nitrogen functional groups attached to an aromatic ring is 1. The monoisotopic (exact) mass is 268 g/mol. The van der Waals surface area contributed by atoms with Crippen molar-refractivity contribution in [3.8, 4) is 0 Å². The Morgan fingerprint density at radius 3 is 2.84 bits per heavy atom. The van der Waals surface area contributed by atoms with Gasteiger partial charge in [0.1, 0.15) is 5.82 Å². The molecule has 5 nitrogen and oxygen atoms in total. The second kappa shape index (κ2) is 5.44. The molecule has 0 spiro atoms. The van der Waals surface area contributed by atoms with E-state index in [0.29, 0.717) is 12.3 Å². The molecule has 19 heavy (non-hydrogen) atoms. The van der Waals surface area contributed by atoms with E-state index in [1.54, 1.807) is 0 Å². The SMILES string of the molecule is CCOC1CC(Nc2cc(F)c(C(=O)O)cc2N)C1. The van der Waals surface area contributed by atoms with Crippen LogP contribution in [0.2, 0.25) is 0 Å². The fourth-order valence-corrected chi connectivity index (χ4v) is 2.15. The lowest BCUT2D eigenvalue weighted by Gasteiger charge is -2.36. The minimum atomic E-state index is -1.32. The molecule has 0 amide bonds. The molecule has 0 unspecified atom stereocenters. The van der Waals surface area contributed by atoms with Crippen molar-refractivity contribution < 1.29 is 19.0 Å². The summed E-state index contributed by atoms with van der Waals surface area (Å²) in [4.78, 5) is 10.8. The van der Waals surface area contributed by atoms with Crippen LogP contribution in [0.25, 0.3) is 0 Å². The van der Waals surface area contributed by atoms with Crippen LogP contribution in [0.15, 0.2) is 12.1 Å². The number of nitrogens with two attached hydrogens (primary N) is 1. The van der Waals surface area contributed by atoms with Crippen LogP contribution in [0.1, 0.15) is 30.1 Å². The van der Waals surface area contributed by atoms with Gasteiger partial charge >= 0.3 is 5.97 Å². The summed E-state index contributed by atoms with van der Waals surface area (Å²) in [7, 11) is 0. The largest absolute Gasteiger partial charge is 0.478 e. The first-order valence-electron chi connectivity index (χ1n) is 6.21. The molecule has 1 aromatic carbocycles. The normalized spacial score (nSPS) is 21.8. The Balaban J connectivity index is 2.02. The molecular weight excluding hydrogens is 251 g/mol. The molecule has 0 bridgehead atoms. The molecule has 1 saturated carbocycles. The maximum Gasteiger partial charge on any atom is 0.338 e. The predicted octanol–water partition coefficient (Wildman–Crippen LogP) is 2.09. The third-order valence-electron chi connectivity index (χ3n) is 3.23. The van der Waals surface area contributed by atoms with Crippen molar-refractivity contribution in [3.63, 3.8) is 0 Å². The molecule has 0 heterocycles. The number of aromatic carboxylic acids is 1. The van der Waals surface area contributed by atoms with Crippen LogP contribution in [0.3, 0.4) is 0 Å². The van der Waals surface area contributed by atoms with Gasteiger partial charge in [-0.3, -0.25) is 0 Å². The summed E-state index contributed by atoms with van der Waals surface area (Å²) in [5, 5.41) is 11.9. The van der Waals surface area contributed by atoms with E-state index in [2.05, 4.69) is 5.32 Å². The first-order chi connectivity index (χ1) is 9.01. The summed E-state index contributed by atoms with van der Waals surface area (Å²) in [5.41, 5.74) is 5.98. The molecular formula is C13H17FN2O3. The minimum absolute atomic E-state index is 0.189. The quantitative estimate of drug-likeness (QED) is 0.712. The highest BCUT2D eigenvalue weighted by atomic mass is 19.1. The molecule has 0 atom stereocenters. The van der Waals surface area contributed by atoms with Crippen LogP contribution in [0.4, 0.5) is 15.8 Å².